The number of hydrogen-bond donors (Lipinski definition) is 0. The molecule has 0 aliphatic carbocycles. The van der Waals surface area contributed by atoms with Crippen LogP contribution in [0.3, 0.4) is 0 Å². The molecule has 0 fully saturated rings. The molecule has 0 amide bonds. The number of hydrogen-bond acceptors (Lipinski definition) is 3. The standard InChI is InChI=1S/C46H29NOS/c1-3-10-30(11-4-1)32-18-23-35(24-19-32)47(36-25-20-33(21-26-36)31-12-5-2-6-13-31)39-16-9-17-40-44(39)45-41(48-40)28-27-38-43-37-15-8-7-14-34(37)22-29-42(43)49-46(38)45/h1-29H. The van der Waals surface area contributed by atoms with Gasteiger partial charge in [0.25, 0.3) is 0 Å². The van der Waals surface area contributed by atoms with E-state index in [4.69, 9.17) is 4.42 Å². The van der Waals surface area contributed by atoms with Gasteiger partial charge in [0, 0.05) is 36.9 Å². The first-order chi connectivity index (χ1) is 24.3. The van der Waals surface area contributed by atoms with Gasteiger partial charge in [-0.3, -0.25) is 0 Å². The molecule has 2 aromatic heterocycles. The lowest BCUT2D eigenvalue weighted by Gasteiger charge is -2.26. The predicted molar refractivity (Wildman–Crippen MR) is 210 cm³/mol. The summed E-state index contributed by atoms with van der Waals surface area (Å²) in [5.74, 6) is 0. The lowest BCUT2D eigenvalue weighted by atomic mass is 10.0. The molecule has 0 atom stereocenters. The minimum atomic E-state index is 0.883. The number of nitrogens with zero attached hydrogens (tertiary/aromatic N) is 1. The van der Waals surface area contributed by atoms with Gasteiger partial charge in [-0.25, -0.2) is 0 Å². The van der Waals surface area contributed by atoms with Crippen LogP contribution in [0.2, 0.25) is 0 Å². The van der Waals surface area contributed by atoms with E-state index in [1.807, 2.05) is 11.3 Å². The molecule has 0 saturated heterocycles. The van der Waals surface area contributed by atoms with Crippen molar-refractivity contribution < 1.29 is 4.42 Å². The van der Waals surface area contributed by atoms with E-state index in [-0.39, 0.29) is 0 Å². The Labute approximate surface area is 287 Å². The Kier molecular flexibility index (Phi) is 6.39. The maximum absolute atomic E-state index is 6.64. The van der Waals surface area contributed by atoms with Crippen LogP contribution in [-0.4, -0.2) is 0 Å². The normalized spacial score (nSPS) is 11.7. The van der Waals surface area contributed by atoms with E-state index in [9.17, 15) is 0 Å². The molecule has 2 heterocycles. The highest BCUT2D eigenvalue weighted by Gasteiger charge is 2.22. The number of benzene rings is 8. The van der Waals surface area contributed by atoms with Crippen molar-refractivity contribution >= 4 is 81.3 Å². The minimum Gasteiger partial charge on any atom is -0.456 e. The van der Waals surface area contributed by atoms with Crippen molar-refractivity contribution in [1.29, 1.82) is 0 Å². The van der Waals surface area contributed by atoms with E-state index in [0.29, 0.717) is 0 Å². The van der Waals surface area contributed by atoms with E-state index in [1.165, 1.54) is 58.6 Å². The second-order valence-electron chi connectivity index (χ2n) is 12.5. The predicted octanol–water partition coefficient (Wildman–Crippen LogP) is 13.9. The highest BCUT2D eigenvalue weighted by Crippen LogP contribution is 2.48. The van der Waals surface area contributed by atoms with Gasteiger partial charge in [0.15, 0.2) is 0 Å². The minimum absolute atomic E-state index is 0.883. The zero-order valence-corrected chi connectivity index (χ0v) is 27.3. The molecule has 10 aromatic rings. The molecule has 0 bridgehead atoms. The van der Waals surface area contributed by atoms with Crippen LogP contribution in [0.1, 0.15) is 0 Å². The smallest absolute Gasteiger partial charge is 0.137 e. The summed E-state index contributed by atoms with van der Waals surface area (Å²) in [7, 11) is 0. The molecular weight excluding hydrogens is 615 g/mol. The topological polar surface area (TPSA) is 16.4 Å². The van der Waals surface area contributed by atoms with E-state index in [2.05, 4.69) is 181 Å². The first-order valence-corrected chi connectivity index (χ1v) is 17.4. The molecule has 230 valence electrons. The summed E-state index contributed by atoms with van der Waals surface area (Å²) in [6, 6.07) is 63.0. The molecule has 0 N–H and O–H groups in total. The third-order valence-electron chi connectivity index (χ3n) is 9.67. The van der Waals surface area contributed by atoms with Crippen molar-refractivity contribution in [3.8, 4) is 22.3 Å². The molecule has 10 rings (SSSR count). The fraction of sp³-hybridized carbons (Fsp3) is 0. The van der Waals surface area contributed by atoms with Crippen LogP contribution in [0.5, 0.6) is 0 Å². The van der Waals surface area contributed by atoms with E-state index >= 15 is 0 Å². The van der Waals surface area contributed by atoms with Crippen LogP contribution in [0.25, 0.3) is 75.1 Å². The molecule has 2 nitrogen and oxygen atoms in total. The van der Waals surface area contributed by atoms with Crippen LogP contribution in [-0.2, 0) is 0 Å². The zero-order chi connectivity index (χ0) is 32.3. The van der Waals surface area contributed by atoms with Gasteiger partial charge in [0.05, 0.1) is 11.1 Å². The van der Waals surface area contributed by atoms with Gasteiger partial charge in [-0.2, -0.15) is 0 Å². The Balaban J connectivity index is 1.22. The van der Waals surface area contributed by atoms with Gasteiger partial charge in [0.1, 0.15) is 11.2 Å². The first kappa shape index (κ1) is 27.9. The SMILES string of the molecule is c1ccc(-c2ccc(N(c3ccc(-c4ccccc4)cc3)c3cccc4oc5ccc6c(sc7ccc8ccccc8c76)c5c34)cc2)cc1. The third-order valence-corrected chi connectivity index (χ3v) is 10.9. The Morgan fingerprint density at radius 2 is 0.980 bits per heavy atom. The van der Waals surface area contributed by atoms with Crippen molar-refractivity contribution in [2.75, 3.05) is 4.90 Å². The molecule has 49 heavy (non-hydrogen) atoms. The van der Waals surface area contributed by atoms with Crippen LogP contribution in [0, 0.1) is 0 Å². The number of furan rings is 1. The van der Waals surface area contributed by atoms with Crippen LogP contribution in [0.15, 0.2) is 180 Å². The molecule has 0 aliphatic heterocycles. The van der Waals surface area contributed by atoms with Crippen molar-refractivity contribution in [1.82, 2.24) is 0 Å². The Morgan fingerprint density at radius 3 is 1.65 bits per heavy atom. The number of rotatable bonds is 5. The third kappa shape index (κ3) is 4.55. The fourth-order valence-corrected chi connectivity index (χ4v) is 8.63. The zero-order valence-electron chi connectivity index (χ0n) is 26.5. The summed E-state index contributed by atoms with van der Waals surface area (Å²) in [6.07, 6.45) is 0. The summed E-state index contributed by atoms with van der Waals surface area (Å²) >= 11 is 1.86. The quantitative estimate of drug-likeness (QED) is 0.186. The number of thiophene rings is 1. The summed E-state index contributed by atoms with van der Waals surface area (Å²) in [6.45, 7) is 0. The summed E-state index contributed by atoms with van der Waals surface area (Å²) in [4.78, 5) is 2.38. The highest BCUT2D eigenvalue weighted by molar-refractivity contribution is 7.27. The molecule has 0 aliphatic rings. The molecule has 0 radical (unpaired) electrons. The van der Waals surface area contributed by atoms with Crippen molar-refractivity contribution in [3.05, 3.63) is 176 Å². The first-order valence-electron chi connectivity index (χ1n) is 16.6. The van der Waals surface area contributed by atoms with Crippen LogP contribution < -0.4 is 4.90 Å². The van der Waals surface area contributed by atoms with Crippen molar-refractivity contribution in [2.45, 2.75) is 0 Å². The van der Waals surface area contributed by atoms with Crippen molar-refractivity contribution in [2.24, 2.45) is 0 Å². The lowest BCUT2D eigenvalue weighted by molar-refractivity contribution is 0.669. The maximum Gasteiger partial charge on any atom is 0.137 e. The van der Waals surface area contributed by atoms with Crippen LogP contribution >= 0.6 is 11.3 Å². The Hall–Kier alpha value is -6.16. The lowest BCUT2D eigenvalue weighted by Crippen LogP contribution is -2.10. The summed E-state index contributed by atoms with van der Waals surface area (Å²) in [5, 5.41) is 7.43. The van der Waals surface area contributed by atoms with E-state index < -0.39 is 0 Å². The average molecular weight is 644 g/mol. The van der Waals surface area contributed by atoms with Crippen molar-refractivity contribution in [3.63, 3.8) is 0 Å². The monoisotopic (exact) mass is 643 g/mol. The van der Waals surface area contributed by atoms with Gasteiger partial charge in [-0.1, -0.05) is 121 Å². The fourth-order valence-electron chi connectivity index (χ4n) is 7.37. The molecule has 0 spiro atoms. The van der Waals surface area contributed by atoms with Gasteiger partial charge in [-0.05, 0) is 87.6 Å². The van der Waals surface area contributed by atoms with Gasteiger partial charge >= 0.3 is 0 Å². The molecule has 8 aromatic carbocycles. The second-order valence-corrected chi connectivity index (χ2v) is 13.5. The molecule has 3 heteroatoms. The van der Waals surface area contributed by atoms with Gasteiger partial charge < -0.3 is 9.32 Å². The summed E-state index contributed by atoms with van der Waals surface area (Å²) < 4.78 is 9.19. The van der Waals surface area contributed by atoms with Crippen LogP contribution in [0.4, 0.5) is 17.1 Å². The molecular formula is C46H29NOS. The van der Waals surface area contributed by atoms with E-state index in [0.717, 1.165) is 33.6 Å². The highest BCUT2D eigenvalue weighted by atomic mass is 32.1. The second kappa shape index (κ2) is 11.2. The number of fused-ring (bicyclic) bond motifs is 9. The van der Waals surface area contributed by atoms with E-state index in [1.54, 1.807) is 0 Å². The average Bonchev–Trinajstić information content (AvgIpc) is 3.75. The number of anilines is 3. The Bertz CT molecular complexity index is 2710. The molecule has 0 saturated carbocycles. The van der Waals surface area contributed by atoms with Gasteiger partial charge in [-0.15, -0.1) is 11.3 Å². The largest absolute Gasteiger partial charge is 0.456 e. The maximum atomic E-state index is 6.64. The molecule has 0 unspecified atom stereocenters. The van der Waals surface area contributed by atoms with Gasteiger partial charge in [0.2, 0.25) is 0 Å². The Morgan fingerprint density at radius 1 is 0.388 bits per heavy atom. The summed E-state index contributed by atoms with van der Waals surface area (Å²) in [5.41, 5.74) is 9.84.